The molecule has 3 aromatic rings. The van der Waals surface area contributed by atoms with Gasteiger partial charge < -0.3 is 5.32 Å². The number of benzene rings is 2. The van der Waals surface area contributed by atoms with Crippen LogP contribution in [0.4, 0.5) is 5.69 Å². The lowest BCUT2D eigenvalue weighted by Gasteiger charge is -2.07. The minimum Gasteiger partial charge on any atom is -0.324 e. The molecule has 1 N–H and O–H groups in total. The molecule has 0 saturated heterocycles. The van der Waals surface area contributed by atoms with Crippen molar-refractivity contribution in [3.05, 3.63) is 59.2 Å². The van der Waals surface area contributed by atoms with Crippen molar-refractivity contribution in [3.63, 3.8) is 0 Å². The second-order valence-corrected chi connectivity index (χ2v) is 5.86. The lowest BCUT2D eigenvalue weighted by atomic mass is 10.1. The lowest BCUT2D eigenvalue weighted by Crippen LogP contribution is -2.20. The van der Waals surface area contributed by atoms with E-state index in [0.717, 1.165) is 16.8 Å². The molecule has 0 spiro atoms. The first-order valence-electron chi connectivity index (χ1n) is 7.73. The molecule has 0 aliphatic rings. The second-order valence-electron chi connectivity index (χ2n) is 5.86. The highest BCUT2D eigenvalue weighted by Gasteiger charge is 2.10. The SMILES string of the molecule is Cc1ccc(-c2nnn(CC(=O)Nc3ccc(C)c(C)c3)n2)cc1. The van der Waals surface area contributed by atoms with E-state index < -0.39 is 0 Å². The lowest BCUT2D eigenvalue weighted by molar-refractivity contribution is -0.117. The summed E-state index contributed by atoms with van der Waals surface area (Å²) in [4.78, 5) is 13.4. The molecule has 0 bridgehead atoms. The average Bonchev–Trinajstić information content (AvgIpc) is 3.00. The largest absolute Gasteiger partial charge is 0.324 e. The summed E-state index contributed by atoms with van der Waals surface area (Å²) < 4.78 is 0. The van der Waals surface area contributed by atoms with Crippen molar-refractivity contribution in [2.45, 2.75) is 27.3 Å². The summed E-state index contributed by atoms with van der Waals surface area (Å²) in [5, 5.41) is 15.1. The molecule has 2 aromatic carbocycles. The molecule has 0 saturated carbocycles. The Labute approximate surface area is 140 Å². The maximum absolute atomic E-state index is 12.1. The van der Waals surface area contributed by atoms with Crippen molar-refractivity contribution < 1.29 is 4.79 Å². The topological polar surface area (TPSA) is 72.7 Å². The number of amides is 1. The molecule has 0 aliphatic carbocycles. The van der Waals surface area contributed by atoms with E-state index in [4.69, 9.17) is 0 Å². The molecule has 1 aromatic heterocycles. The molecule has 24 heavy (non-hydrogen) atoms. The number of nitrogens with zero attached hydrogens (tertiary/aromatic N) is 4. The van der Waals surface area contributed by atoms with Crippen LogP contribution < -0.4 is 5.32 Å². The van der Waals surface area contributed by atoms with E-state index in [9.17, 15) is 4.79 Å². The molecule has 0 fully saturated rings. The number of carbonyl (C=O) groups is 1. The molecular weight excluding hydrogens is 302 g/mol. The van der Waals surface area contributed by atoms with Crippen LogP contribution >= 0.6 is 0 Å². The van der Waals surface area contributed by atoms with Crippen LogP contribution in [-0.4, -0.2) is 26.1 Å². The predicted octanol–water partition coefficient (Wildman–Crippen LogP) is 2.90. The van der Waals surface area contributed by atoms with Crippen LogP contribution in [0, 0.1) is 20.8 Å². The number of aromatic nitrogens is 4. The third kappa shape index (κ3) is 3.65. The van der Waals surface area contributed by atoms with Crippen molar-refractivity contribution in [2.24, 2.45) is 0 Å². The first-order valence-corrected chi connectivity index (χ1v) is 7.73. The highest BCUT2D eigenvalue weighted by Crippen LogP contribution is 2.15. The van der Waals surface area contributed by atoms with E-state index in [0.29, 0.717) is 5.82 Å². The second kappa shape index (κ2) is 6.62. The zero-order valence-electron chi connectivity index (χ0n) is 13.9. The predicted molar refractivity (Wildman–Crippen MR) is 92.5 cm³/mol. The van der Waals surface area contributed by atoms with Crippen LogP contribution in [0.25, 0.3) is 11.4 Å². The molecule has 122 valence electrons. The number of nitrogens with one attached hydrogen (secondary N) is 1. The summed E-state index contributed by atoms with van der Waals surface area (Å²) in [7, 11) is 0. The third-order valence-corrected chi connectivity index (χ3v) is 3.84. The summed E-state index contributed by atoms with van der Waals surface area (Å²) in [6.07, 6.45) is 0. The fraction of sp³-hybridized carbons (Fsp3) is 0.222. The first kappa shape index (κ1) is 15.9. The van der Waals surface area contributed by atoms with Crippen LogP contribution in [0.15, 0.2) is 42.5 Å². The Hall–Kier alpha value is -3.02. The van der Waals surface area contributed by atoms with E-state index in [1.54, 1.807) is 0 Å². The van der Waals surface area contributed by atoms with Crippen LogP contribution in [0.5, 0.6) is 0 Å². The van der Waals surface area contributed by atoms with Gasteiger partial charge in [-0.2, -0.15) is 4.80 Å². The number of rotatable bonds is 4. The fourth-order valence-electron chi connectivity index (χ4n) is 2.28. The first-order chi connectivity index (χ1) is 11.5. The Kier molecular flexibility index (Phi) is 4.37. The molecule has 1 heterocycles. The van der Waals surface area contributed by atoms with Crippen molar-refractivity contribution >= 4 is 11.6 Å². The van der Waals surface area contributed by atoms with E-state index >= 15 is 0 Å². The molecule has 0 unspecified atom stereocenters. The summed E-state index contributed by atoms with van der Waals surface area (Å²) >= 11 is 0. The van der Waals surface area contributed by atoms with Crippen LogP contribution in [0.2, 0.25) is 0 Å². The zero-order valence-corrected chi connectivity index (χ0v) is 13.9. The minimum atomic E-state index is -0.189. The van der Waals surface area contributed by atoms with Crippen LogP contribution in [0.1, 0.15) is 16.7 Å². The highest BCUT2D eigenvalue weighted by molar-refractivity contribution is 5.90. The van der Waals surface area contributed by atoms with Gasteiger partial charge in [0.05, 0.1) is 0 Å². The van der Waals surface area contributed by atoms with Gasteiger partial charge in [-0.15, -0.1) is 10.2 Å². The minimum absolute atomic E-state index is 0.0196. The van der Waals surface area contributed by atoms with Gasteiger partial charge >= 0.3 is 0 Å². The molecule has 0 atom stereocenters. The van der Waals surface area contributed by atoms with E-state index in [-0.39, 0.29) is 12.5 Å². The Morgan fingerprint density at radius 2 is 1.79 bits per heavy atom. The van der Waals surface area contributed by atoms with Crippen molar-refractivity contribution in [1.29, 1.82) is 0 Å². The van der Waals surface area contributed by atoms with Crippen molar-refractivity contribution in [3.8, 4) is 11.4 Å². The van der Waals surface area contributed by atoms with Gasteiger partial charge in [-0.25, -0.2) is 0 Å². The van der Waals surface area contributed by atoms with Gasteiger partial charge in [0.25, 0.3) is 0 Å². The number of hydrogen-bond acceptors (Lipinski definition) is 4. The third-order valence-electron chi connectivity index (χ3n) is 3.84. The molecule has 0 aliphatic heterocycles. The zero-order chi connectivity index (χ0) is 17.1. The van der Waals surface area contributed by atoms with Gasteiger partial charge in [0.2, 0.25) is 11.7 Å². The van der Waals surface area contributed by atoms with Gasteiger partial charge in [0.1, 0.15) is 6.54 Å². The van der Waals surface area contributed by atoms with Crippen LogP contribution in [0.3, 0.4) is 0 Å². The Morgan fingerprint density at radius 1 is 1.04 bits per heavy atom. The van der Waals surface area contributed by atoms with Crippen molar-refractivity contribution in [1.82, 2.24) is 20.2 Å². The summed E-state index contributed by atoms with van der Waals surface area (Å²) in [6, 6.07) is 13.7. The quantitative estimate of drug-likeness (QED) is 0.802. The van der Waals surface area contributed by atoms with Gasteiger partial charge in [-0.1, -0.05) is 35.9 Å². The average molecular weight is 321 g/mol. The smallest absolute Gasteiger partial charge is 0.248 e. The van der Waals surface area contributed by atoms with E-state index in [1.807, 2.05) is 63.2 Å². The maximum Gasteiger partial charge on any atom is 0.248 e. The molecule has 6 heteroatoms. The van der Waals surface area contributed by atoms with E-state index in [1.165, 1.54) is 15.9 Å². The number of aryl methyl sites for hydroxylation is 3. The fourth-order valence-corrected chi connectivity index (χ4v) is 2.28. The molecule has 6 nitrogen and oxygen atoms in total. The summed E-state index contributed by atoms with van der Waals surface area (Å²) in [5.41, 5.74) is 5.13. The number of anilines is 1. The van der Waals surface area contributed by atoms with Crippen molar-refractivity contribution in [2.75, 3.05) is 5.32 Å². The van der Waals surface area contributed by atoms with Gasteiger partial charge in [-0.05, 0) is 49.2 Å². The Bertz CT molecular complexity index is 867. The van der Waals surface area contributed by atoms with Gasteiger partial charge in [-0.3, -0.25) is 4.79 Å². The monoisotopic (exact) mass is 321 g/mol. The number of carbonyl (C=O) groups excluding carboxylic acids is 1. The number of hydrogen-bond donors (Lipinski definition) is 1. The maximum atomic E-state index is 12.1. The Balaban J connectivity index is 1.66. The van der Waals surface area contributed by atoms with E-state index in [2.05, 4.69) is 20.7 Å². The molecule has 1 amide bonds. The Morgan fingerprint density at radius 3 is 2.50 bits per heavy atom. The van der Waals surface area contributed by atoms with Crippen LogP contribution in [-0.2, 0) is 11.3 Å². The molecule has 0 radical (unpaired) electrons. The normalized spacial score (nSPS) is 10.6. The standard InChI is InChI=1S/C18H19N5O/c1-12-4-7-15(8-5-12)18-20-22-23(21-18)11-17(24)19-16-9-6-13(2)14(3)10-16/h4-10H,11H2,1-3H3,(H,19,24). The van der Waals surface area contributed by atoms with Gasteiger partial charge in [0.15, 0.2) is 0 Å². The molecule has 3 rings (SSSR count). The number of tetrazole rings is 1. The summed E-state index contributed by atoms with van der Waals surface area (Å²) in [5.74, 6) is 0.320. The molecular formula is C18H19N5O. The summed E-state index contributed by atoms with van der Waals surface area (Å²) in [6.45, 7) is 6.08. The highest BCUT2D eigenvalue weighted by atomic mass is 16.2. The van der Waals surface area contributed by atoms with Gasteiger partial charge in [0, 0.05) is 11.3 Å².